The number of anilines is 1. The van der Waals surface area contributed by atoms with Gasteiger partial charge in [-0.25, -0.2) is 20.2 Å². The number of hydrogen-bond donors (Lipinski definition) is 1. The van der Waals surface area contributed by atoms with E-state index in [-0.39, 0.29) is 5.82 Å². The summed E-state index contributed by atoms with van der Waals surface area (Å²) in [6, 6.07) is 4.85. The van der Waals surface area contributed by atoms with Crippen LogP contribution in [0.25, 0.3) is 11.0 Å². The van der Waals surface area contributed by atoms with Crippen LogP contribution in [-0.2, 0) is 13.5 Å². The van der Waals surface area contributed by atoms with Crippen LogP contribution in [0.2, 0.25) is 0 Å². The monoisotopic (exact) mass is 326 g/mol. The molecule has 0 atom stereocenters. The third kappa shape index (κ3) is 2.85. The zero-order chi connectivity index (χ0) is 17.3. The minimum absolute atomic E-state index is 0.0851. The van der Waals surface area contributed by atoms with Gasteiger partial charge in [-0.2, -0.15) is 0 Å². The molecule has 0 aliphatic heterocycles. The Morgan fingerprint density at radius 2 is 2.21 bits per heavy atom. The Morgan fingerprint density at radius 1 is 1.42 bits per heavy atom. The predicted octanol–water partition coefficient (Wildman–Crippen LogP) is 2.64. The molecule has 2 N–H and O–H groups in total. The van der Waals surface area contributed by atoms with Crippen LogP contribution < -0.4 is 10.9 Å². The number of fused-ring (bicyclic) bond motifs is 1. The van der Waals surface area contributed by atoms with E-state index in [9.17, 15) is 4.39 Å². The molecule has 0 radical (unpaired) electrons. The maximum absolute atomic E-state index is 13.9. The fourth-order valence-corrected chi connectivity index (χ4v) is 2.58. The molecule has 0 aliphatic carbocycles. The number of aromatic nitrogens is 4. The van der Waals surface area contributed by atoms with E-state index < -0.39 is 5.82 Å². The highest BCUT2D eigenvalue weighted by Crippen LogP contribution is 2.21. The van der Waals surface area contributed by atoms with Crippen molar-refractivity contribution in [3.63, 3.8) is 0 Å². The third-order valence-electron chi connectivity index (χ3n) is 3.95. The van der Waals surface area contributed by atoms with Crippen LogP contribution in [0.15, 0.2) is 42.4 Å². The first-order valence-electron chi connectivity index (χ1n) is 7.59. The standard InChI is InChI=1S/C17H19FN6/c1-4-12(24(19)17-13(18)6-5-7-20-17)9-16-22-14-10-21-11(2)8-15(14)23(16)3/h4-8,10H,9,19H2,1-3H3/b12-4-. The van der Waals surface area contributed by atoms with Gasteiger partial charge in [-0.1, -0.05) is 6.08 Å². The molecule has 124 valence electrons. The second-order valence-electron chi connectivity index (χ2n) is 5.54. The van der Waals surface area contributed by atoms with Crippen molar-refractivity contribution in [2.75, 3.05) is 5.01 Å². The quantitative estimate of drug-likeness (QED) is 0.589. The van der Waals surface area contributed by atoms with Crippen molar-refractivity contribution < 1.29 is 4.39 Å². The van der Waals surface area contributed by atoms with Crippen LogP contribution in [-0.4, -0.2) is 19.5 Å². The summed E-state index contributed by atoms with van der Waals surface area (Å²) in [5, 5.41) is 1.26. The van der Waals surface area contributed by atoms with Crippen molar-refractivity contribution in [3.05, 3.63) is 59.7 Å². The topological polar surface area (TPSA) is 72.9 Å². The highest BCUT2D eigenvalue weighted by molar-refractivity contribution is 5.75. The van der Waals surface area contributed by atoms with E-state index in [0.29, 0.717) is 12.1 Å². The van der Waals surface area contributed by atoms with Crippen LogP contribution in [0, 0.1) is 12.7 Å². The molecule has 0 saturated heterocycles. The number of halogens is 1. The summed E-state index contributed by atoms with van der Waals surface area (Å²) in [5.74, 6) is 6.51. The van der Waals surface area contributed by atoms with Crippen molar-refractivity contribution >= 4 is 16.9 Å². The molecule has 3 rings (SSSR count). The van der Waals surface area contributed by atoms with Gasteiger partial charge in [0.1, 0.15) is 11.3 Å². The molecule has 0 aromatic carbocycles. The highest BCUT2D eigenvalue weighted by Gasteiger charge is 2.17. The molecular weight excluding hydrogens is 307 g/mol. The summed E-state index contributed by atoms with van der Waals surface area (Å²) in [6.45, 7) is 3.79. The van der Waals surface area contributed by atoms with Crippen molar-refractivity contribution in [1.82, 2.24) is 19.5 Å². The number of rotatable bonds is 4. The lowest BCUT2D eigenvalue weighted by molar-refractivity contribution is 0.615. The number of nitrogens with two attached hydrogens (primary N) is 1. The Labute approximate surface area is 139 Å². The van der Waals surface area contributed by atoms with Crippen LogP contribution in [0.3, 0.4) is 0 Å². The van der Waals surface area contributed by atoms with Gasteiger partial charge in [0, 0.05) is 31.1 Å². The maximum atomic E-state index is 13.9. The first-order valence-corrected chi connectivity index (χ1v) is 7.59. The Hall–Kier alpha value is -2.80. The molecule has 0 fully saturated rings. The van der Waals surface area contributed by atoms with E-state index in [2.05, 4.69) is 15.0 Å². The zero-order valence-corrected chi connectivity index (χ0v) is 13.9. The molecule has 7 heteroatoms. The summed E-state index contributed by atoms with van der Waals surface area (Å²) in [5.41, 5.74) is 3.46. The number of imidazole rings is 1. The third-order valence-corrected chi connectivity index (χ3v) is 3.95. The fraction of sp³-hybridized carbons (Fsp3) is 0.235. The predicted molar refractivity (Wildman–Crippen MR) is 91.6 cm³/mol. The molecule has 3 aromatic rings. The number of hydrazine groups is 1. The van der Waals surface area contributed by atoms with E-state index >= 15 is 0 Å². The second kappa shape index (κ2) is 6.37. The molecule has 0 amide bonds. The summed E-state index contributed by atoms with van der Waals surface area (Å²) in [4.78, 5) is 12.9. The molecular formula is C17H19FN6. The molecule has 0 unspecified atom stereocenters. The zero-order valence-electron chi connectivity index (χ0n) is 13.9. The van der Waals surface area contributed by atoms with Gasteiger partial charge in [0.05, 0.1) is 11.7 Å². The average molecular weight is 326 g/mol. The normalized spacial score (nSPS) is 12.0. The summed E-state index contributed by atoms with van der Waals surface area (Å²) < 4.78 is 15.9. The fourth-order valence-electron chi connectivity index (χ4n) is 2.58. The summed E-state index contributed by atoms with van der Waals surface area (Å²) in [6.07, 6.45) is 5.54. The van der Waals surface area contributed by atoms with Gasteiger partial charge in [-0.05, 0) is 32.0 Å². The van der Waals surface area contributed by atoms with Gasteiger partial charge >= 0.3 is 0 Å². The van der Waals surface area contributed by atoms with Crippen LogP contribution >= 0.6 is 0 Å². The van der Waals surface area contributed by atoms with Crippen molar-refractivity contribution in [3.8, 4) is 0 Å². The molecule has 3 aromatic heterocycles. The molecule has 0 saturated carbocycles. The van der Waals surface area contributed by atoms with Crippen molar-refractivity contribution in [2.45, 2.75) is 20.3 Å². The van der Waals surface area contributed by atoms with Crippen molar-refractivity contribution in [1.29, 1.82) is 0 Å². The minimum Gasteiger partial charge on any atom is -0.331 e. The van der Waals surface area contributed by atoms with Gasteiger partial charge in [0.2, 0.25) is 0 Å². The first kappa shape index (κ1) is 16.1. The lowest BCUT2D eigenvalue weighted by Gasteiger charge is -2.21. The van der Waals surface area contributed by atoms with Crippen LogP contribution in [0.4, 0.5) is 10.2 Å². The number of aryl methyl sites for hydroxylation is 2. The van der Waals surface area contributed by atoms with Gasteiger partial charge in [-0.15, -0.1) is 0 Å². The van der Waals surface area contributed by atoms with Crippen LogP contribution in [0.5, 0.6) is 0 Å². The van der Waals surface area contributed by atoms with E-state index in [1.807, 2.05) is 37.6 Å². The second-order valence-corrected chi connectivity index (χ2v) is 5.54. The van der Waals surface area contributed by atoms with E-state index in [0.717, 1.165) is 22.6 Å². The average Bonchev–Trinajstić information content (AvgIpc) is 2.88. The molecule has 0 spiro atoms. The summed E-state index contributed by atoms with van der Waals surface area (Å²) in [7, 11) is 1.94. The first-order chi connectivity index (χ1) is 11.5. The molecule has 0 aliphatic rings. The lowest BCUT2D eigenvalue weighted by Crippen LogP contribution is -2.33. The molecule has 3 heterocycles. The minimum atomic E-state index is -0.468. The van der Waals surface area contributed by atoms with E-state index in [4.69, 9.17) is 5.84 Å². The number of allylic oxidation sites excluding steroid dienone is 2. The molecule has 24 heavy (non-hydrogen) atoms. The highest BCUT2D eigenvalue weighted by atomic mass is 19.1. The van der Waals surface area contributed by atoms with E-state index in [1.165, 1.54) is 23.3 Å². The Kier molecular flexibility index (Phi) is 4.26. The lowest BCUT2D eigenvalue weighted by atomic mass is 10.2. The maximum Gasteiger partial charge on any atom is 0.183 e. The molecule has 6 nitrogen and oxygen atoms in total. The van der Waals surface area contributed by atoms with Gasteiger partial charge in [-0.3, -0.25) is 9.99 Å². The smallest absolute Gasteiger partial charge is 0.183 e. The van der Waals surface area contributed by atoms with Gasteiger partial charge in [0.15, 0.2) is 11.6 Å². The number of pyridine rings is 2. The van der Waals surface area contributed by atoms with E-state index in [1.54, 1.807) is 6.20 Å². The largest absolute Gasteiger partial charge is 0.331 e. The Bertz CT molecular complexity index is 915. The number of hydrogen-bond acceptors (Lipinski definition) is 5. The van der Waals surface area contributed by atoms with Gasteiger partial charge in [0.25, 0.3) is 0 Å². The Balaban J connectivity index is 1.94. The summed E-state index contributed by atoms with van der Waals surface area (Å²) >= 11 is 0. The molecule has 0 bridgehead atoms. The SMILES string of the molecule is C/C=C(/Cc1nc2cnc(C)cc2n1C)N(N)c1ncccc1F. The van der Waals surface area contributed by atoms with Crippen LogP contribution in [0.1, 0.15) is 18.4 Å². The Morgan fingerprint density at radius 3 is 2.92 bits per heavy atom. The van der Waals surface area contributed by atoms with Gasteiger partial charge < -0.3 is 4.57 Å². The number of nitrogens with zero attached hydrogens (tertiary/aromatic N) is 5. The van der Waals surface area contributed by atoms with Crippen molar-refractivity contribution in [2.24, 2.45) is 12.9 Å².